The molecule has 12 aromatic rings. The molecule has 0 unspecified atom stereocenters. The van der Waals surface area contributed by atoms with Crippen molar-refractivity contribution >= 4 is 99.5 Å². The van der Waals surface area contributed by atoms with Gasteiger partial charge in [-0.2, -0.15) is 0 Å². The highest BCUT2D eigenvalue weighted by Crippen LogP contribution is 2.45. The second-order valence-electron chi connectivity index (χ2n) is 15.3. The Balaban J connectivity index is 0.980. The van der Waals surface area contributed by atoms with Crippen molar-refractivity contribution in [3.63, 3.8) is 0 Å². The highest BCUT2D eigenvalue weighted by molar-refractivity contribution is 6.30. The van der Waals surface area contributed by atoms with E-state index in [2.05, 4.69) is 216 Å². The number of hydrogen-bond acceptors (Lipinski definition) is 4. The molecule has 282 valence electrons. The van der Waals surface area contributed by atoms with E-state index in [0.717, 1.165) is 94.5 Å². The molecule has 0 saturated carbocycles. The van der Waals surface area contributed by atoms with Crippen molar-refractivity contribution in [2.24, 2.45) is 0 Å². The van der Waals surface area contributed by atoms with Gasteiger partial charge in [0.15, 0.2) is 0 Å². The van der Waals surface area contributed by atoms with E-state index < -0.39 is 0 Å². The van der Waals surface area contributed by atoms with Crippen LogP contribution in [-0.2, 0) is 0 Å². The molecule has 0 spiro atoms. The minimum atomic E-state index is 0.844. The largest absolute Gasteiger partial charge is 0.456 e. The third-order valence-electron chi connectivity index (χ3n) is 11.8. The van der Waals surface area contributed by atoms with Crippen molar-refractivity contribution < 1.29 is 8.83 Å². The van der Waals surface area contributed by atoms with Gasteiger partial charge in [0.05, 0.1) is 0 Å². The van der Waals surface area contributed by atoms with E-state index in [0.29, 0.717) is 0 Å². The fraction of sp³-hybridized carbons (Fsp3) is 0. The third kappa shape index (κ3) is 5.53. The normalized spacial score (nSPS) is 11.7. The van der Waals surface area contributed by atoms with Gasteiger partial charge >= 0.3 is 0 Å². The van der Waals surface area contributed by atoms with Crippen molar-refractivity contribution in [3.8, 4) is 11.1 Å². The molecule has 0 aliphatic rings. The second-order valence-corrected chi connectivity index (χ2v) is 15.3. The molecule has 0 aliphatic carbocycles. The maximum Gasteiger partial charge on any atom is 0.143 e. The van der Waals surface area contributed by atoms with Crippen LogP contribution in [0.25, 0.3) is 76.5 Å². The molecule has 0 fully saturated rings. The number of hydrogen-bond donors (Lipinski definition) is 0. The van der Waals surface area contributed by atoms with Gasteiger partial charge < -0.3 is 18.6 Å². The lowest BCUT2D eigenvalue weighted by Gasteiger charge is -2.25. The molecule has 4 nitrogen and oxygen atoms in total. The fourth-order valence-electron chi connectivity index (χ4n) is 9.04. The lowest BCUT2D eigenvalue weighted by atomic mass is 9.94. The van der Waals surface area contributed by atoms with Gasteiger partial charge in [0, 0.05) is 67.1 Å². The van der Waals surface area contributed by atoms with Crippen LogP contribution < -0.4 is 9.80 Å². The van der Waals surface area contributed by atoms with Crippen LogP contribution in [0.4, 0.5) is 34.1 Å². The molecular formula is C56H36N2O2. The summed E-state index contributed by atoms with van der Waals surface area (Å²) in [4.78, 5) is 4.58. The minimum absolute atomic E-state index is 0.844. The lowest BCUT2D eigenvalue weighted by Crippen LogP contribution is -2.09. The molecule has 12 rings (SSSR count). The van der Waals surface area contributed by atoms with Gasteiger partial charge in [0.2, 0.25) is 0 Å². The first-order valence-electron chi connectivity index (χ1n) is 20.3. The van der Waals surface area contributed by atoms with E-state index >= 15 is 0 Å². The quantitative estimate of drug-likeness (QED) is 0.151. The Morgan fingerprint density at radius 1 is 0.250 bits per heavy atom. The molecule has 0 amide bonds. The number of para-hydroxylation sites is 4. The number of rotatable bonds is 7. The summed E-state index contributed by atoms with van der Waals surface area (Å²) in [6, 6.07) is 77.2. The first-order valence-corrected chi connectivity index (χ1v) is 20.3. The van der Waals surface area contributed by atoms with Crippen LogP contribution in [0.15, 0.2) is 227 Å². The number of furan rings is 2. The van der Waals surface area contributed by atoms with Gasteiger partial charge in [-0.25, -0.2) is 0 Å². The molecule has 10 aromatic carbocycles. The van der Waals surface area contributed by atoms with Crippen LogP contribution in [0.1, 0.15) is 0 Å². The van der Waals surface area contributed by atoms with Crippen LogP contribution in [0.5, 0.6) is 0 Å². The van der Waals surface area contributed by atoms with Crippen LogP contribution in [0, 0.1) is 0 Å². The lowest BCUT2D eigenvalue weighted by molar-refractivity contribution is 0.669. The van der Waals surface area contributed by atoms with Crippen molar-refractivity contribution in [2.75, 3.05) is 9.80 Å². The van der Waals surface area contributed by atoms with Gasteiger partial charge in [-0.1, -0.05) is 115 Å². The average Bonchev–Trinajstić information content (AvgIpc) is 3.89. The SMILES string of the molecule is c1ccc(N(c2ccccc2)c2ccc(-c3ccc4c(c3)c3ccccc3c3c5ccc(N(c6ccccc6)c6ccc7oc8ccccc8c7c6)cc5oc43)cc2)cc1. The Labute approximate surface area is 346 Å². The molecule has 0 saturated heterocycles. The Bertz CT molecular complexity index is 3500. The zero-order valence-electron chi connectivity index (χ0n) is 32.5. The Morgan fingerprint density at radius 3 is 1.45 bits per heavy atom. The second kappa shape index (κ2) is 13.8. The summed E-state index contributed by atoms with van der Waals surface area (Å²) in [6.07, 6.45) is 0. The summed E-state index contributed by atoms with van der Waals surface area (Å²) < 4.78 is 13.2. The Hall–Kier alpha value is -8.08. The summed E-state index contributed by atoms with van der Waals surface area (Å²) in [7, 11) is 0. The highest BCUT2D eigenvalue weighted by atomic mass is 16.3. The highest BCUT2D eigenvalue weighted by Gasteiger charge is 2.20. The summed E-state index contributed by atoms with van der Waals surface area (Å²) in [5.74, 6) is 0. The number of benzene rings is 10. The molecule has 2 heterocycles. The van der Waals surface area contributed by atoms with E-state index in [1.807, 2.05) is 12.1 Å². The van der Waals surface area contributed by atoms with Crippen molar-refractivity contribution in [2.45, 2.75) is 0 Å². The van der Waals surface area contributed by atoms with E-state index in [9.17, 15) is 0 Å². The van der Waals surface area contributed by atoms with Gasteiger partial charge in [0.25, 0.3) is 0 Å². The predicted molar refractivity (Wildman–Crippen MR) is 251 cm³/mol. The number of fused-ring (bicyclic) bond motifs is 11. The summed E-state index contributed by atoms with van der Waals surface area (Å²) >= 11 is 0. The van der Waals surface area contributed by atoms with Crippen molar-refractivity contribution in [1.82, 2.24) is 0 Å². The summed E-state index contributed by atoms with van der Waals surface area (Å²) in [5, 5.41) is 9.07. The van der Waals surface area contributed by atoms with Crippen molar-refractivity contribution in [3.05, 3.63) is 218 Å². The fourth-order valence-corrected chi connectivity index (χ4v) is 9.04. The molecule has 60 heavy (non-hydrogen) atoms. The summed E-state index contributed by atoms with van der Waals surface area (Å²) in [6.45, 7) is 0. The molecule has 0 atom stereocenters. The maximum atomic E-state index is 6.98. The Morgan fingerprint density at radius 2 is 0.750 bits per heavy atom. The molecule has 0 aliphatic heterocycles. The van der Waals surface area contributed by atoms with E-state index in [1.54, 1.807) is 0 Å². The minimum Gasteiger partial charge on any atom is -0.456 e. The average molecular weight is 769 g/mol. The molecule has 0 radical (unpaired) electrons. The van der Waals surface area contributed by atoms with E-state index in [1.165, 1.54) is 16.2 Å². The first kappa shape index (κ1) is 34.0. The zero-order valence-corrected chi connectivity index (χ0v) is 32.5. The van der Waals surface area contributed by atoms with Crippen molar-refractivity contribution in [1.29, 1.82) is 0 Å². The smallest absolute Gasteiger partial charge is 0.143 e. The monoisotopic (exact) mass is 768 g/mol. The maximum absolute atomic E-state index is 6.98. The number of nitrogens with zero attached hydrogens (tertiary/aromatic N) is 2. The van der Waals surface area contributed by atoms with Gasteiger partial charge in [-0.3, -0.25) is 0 Å². The molecular weight excluding hydrogens is 733 g/mol. The third-order valence-corrected chi connectivity index (χ3v) is 11.8. The van der Waals surface area contributed by atoms with Crippen LogP contribution in [0.3, 0.4) is 0 Å². The van der Waals surface area contributed by atoms with Gasteiger partial charge in [-0.15, -0.1) is 0 Å². The Kier molecular flexibility index (Phi) is 7.82. The molecule has 0 bridgehead atoms. The molecule has 2 aromatic heterocycles. The van der Waals surface area contributed by atoms with Gasteiger partial charge in [-0.05, 0) is 124 Å². The van der Waals surface area contributed by atoms with E-state index in [4.69, 9.17) is 8.83 Å². The standard InChI is InChI=1S/C56H36N2O2/c1-4-14-39(15-5-1)57(40-16-6-2-7-17-40)42-27-24-37(25-28-42)38-26-31-48-50(34-38)45-20-10-11-22-47(45)55-49-32-29-44(36-54(49)60-56(48)55)58(41-18-8-3-9-19-41)43-30-33-53-51(35-43)46-21-12-13-23-52(46)59-53/h1-36H. The zero-order chi connectivity index (χ0) is 39.6. The number of anilines is 6. The first-order chi connectivity index (χ1) is 29.7. The van der Waals surface area contributed by atoms with Gasteiger partial charge in [0.1, 0.15) is 22.3 Å². The summed E-state index contributed by atoms with van der Waals surface area (Å²) in [5.41, 5.74) is 12.3. The van der Waals surface area contributed by atoms with E-state index in [-0.39, 0.29) is 0 Å². The molecule has 4 heteroatoms. The van der Waals surface area contributed by atoms with Crippen LogP contribution in [0.2, 0.25) is 0 Å². The topological polar surface area (TPSA) is 32.8 Å². The molecule has 0 N–H and O–H groups in total. The van der Waals surface area contributed by atoms with Crippen LogP contribution >= 0.6 is 0 Å². The van der Waals surface area contributed by atoms with Crippen LogP contribution in [-0.4, -0.2) is 0 Å². The predicted octanol–water partition coefficient (Wildman–Crippen LogP) is 16.4.